The summed E-state index contributed by atoms with van der Waals surface area (Å²) in [5, 5.41) is 7.95. The molecule has 2 aliphatic carbocycles. The van der Waals surface area contributed by atoms with E-state index in [0.717, 1.165) is 22.7 Å². The smallest absolute Gasteiger partial charge is 0.0547 e. The molecule has 2 aromatic heterocycles. The third-order valence-corrected chi connectivity index (χ3v) is 15.5. The van der Waals surface area contributed by atoms with Gasteiger partial charge >= 0.3 is 0 Å². The van der Waals surface area contributed by atoms with Crippen LogP contribution in [-0.2, 0) is 5.41 Å². The molecule has 12 aromatic rings. The van der Waals surface area contributed by atoms with Crippen molar-refractivity contribution in [1.29, 1.82) is 0 Å². The lowest BCUT2D eigenvalue weighted by atomic mass is 9.82. The van der Waals surface area contributed by atoms with Crippen molar-refractivity contribution in [2.45, 2.75) is 19.3 Å². The van der Waals surface area contributed by atoms with Gasteiger partial charge in [0.25, 0.3) is 0 Å². The van der Waals surface area contributed by atoms with Gasteiger partial charge in [-0.2, -0.15) is 0 Å². The van der Waals surface area contributed by atoms with Crippen LogP contribution < -0.4 is 4.90 Å². The number of anilines is 3. The molecule has 300 valence electrons. The molecule has 0 amide bonds. The number of nitrogens with zero attached hydrogens (tertiary/aromatic N) is 2. The van der Waals surface area contributed by atoms with Gasteiger partial charge in [-0.15, -0.1) is 11.3 Å². The third-order valence-electron chi connectivity index (χ3n) is 14.3. The first-order chi connectivity index (χ1) is 31.5. The maximum absolute atomic E-state index is 2.48. The molecule has 0 saturated carbocycles. The van der Waals surface area contributed by atoms with Crippen molar-refractivity contribution in [2.24, 2.45) is 0 Å². The van der Waals surface area contributed by atoms with Gasteiger partial charge in [0.1, 0.15) is 0 Å². The second-order valence-electron chi connectivity index (χ2n) is 18.1. The van der Waals surface area contributed by atoms with E-state index in [4.69, 9.17) is 0 Å². The Balaban J connectivity index is 0.865. The molecule has 10 aromatic carbocycles. The normalized spacial score (nSPS) is 13.3. The summed E-state index contributed by atoms with van der Waals surface area (Å²) in [6.45, 7) is 4.70. The van der Waals surface area contributed by atoms with Crippen LogP contribution in [0.4, 0.5) is 17.1 Å². The lowest BCUT2D eigenvalue weighted by Crippen LogP contribution is -2.16. The molecular weight excluding hydrogens is 793 g/mol. The molecule has 0 spiro atoms. The highest BCUT2D eigenvalue weighted by Gasteiger charge is 2.36. The van der Waals surface area contributed by atoms with E-state index in [-0.39, 0.29) is 5.41 Å². The molecule has 14 rings (SSSR count). The molecule has 0 atom stereocenters. The summed E-state index contributed by atoms with van der Waals surface area (Å²) in [5.41, 5.74) is 20.0. The van der Waals surface area contributed by atoms with Crippen molar-refractivity contribution in [2.75, 3.05) is 4.90 Å². The van der Waals surface area contributed by atoms with E-state index < -0.39 is 0 Å². The lowest BCUT2D eigenvalue weighted by molar-refractivity contribution is 0.660. The van der Waals surface area contributed by atoms with Gasteiger partial charge in [0, 0.05) is 59.1 Å². The van der Waals surface area contributed by atoms with Crippen molar-refractivity contribution in [3.63, 3.8) is 0 Å². The van der Waals surface area contributed by atoms with Crippen LogP contribution in [0, 0.1) is 0 Å². The van der Waals surface area contributed by atoms with Crippen LogP contribution in [0.3, 0.4) is 0 Å². The first-order valence-corrected chi connectivity index (χ1v) is 23.1. The van der Waals surface area contributed by atoms with Gasteiger partial charge in [0.05, 0.1) is 11.0 Å². The number of benzene rings is 10. The highest BCUT2D eigenvalue weighted by molar-refractivity contribution is 7.25. The fourth-order valence-electron chi connectivity index (χ4n) is 11.3. The number of hydrogen-bond donors (Lipinski definition) is 0. The highest BCUT2D eigenvalue weighted by Crippen LogP contribution is 2.53. The van der Waals surface area contributed by atoms with E-state index >= 15 is 0 Å². The van der Waals surface area contributed by atoms with Crippen LogP contribution in [0.15, 0.2) is 206 Å². The van der Waals surface area contributed by atoms with E-state index in [1.165, 1.54) is 108 Å². The molecule has 64 heavy (non-hydrogen) atoms. The molecule has 0 fully saturated rings. The Hall–Kier alpha value is -7.72. The molecule has 2 heterocycles. The fraction of sp³-hybridized carbons (Fsp3) is 0.0492. The monoisotopic (exact) mass is 832 g/mol. The topological polar surface area (TPSA) is 8.17 Å². The highest BCUT2D eigenvalue weighted by atomic mass is 32.1. The molecule has 0 aliphatic heterocycles. The molecular formula is C61H40N2S. The van der Waals surface area contributed by atoms with Gasteiger partial charge in [-0.25, -0.2) is 0 Å². The Bertz CT molecular complexity index is 3910. The van der Waals surface area contributed by atoms with Crippen LogP contribution in [0.1, 0.15) is 25.0 Å². The minimum absolute atomic E-state index is 0.0769. The Morgan fingerprint density at radius 1 is 0.391 bits per heavy atom. The average molecular weight is 833 g/mol. The molecule has 2 nitrogen and oxygen atoms in total. The number of rotatable bonds is 5. The standard InChI is InChI=1S/C61H40N2S/c1-61(2)52-19-8-6-15-44(52)45-32-31-43(34-53(45)61)62(40-13-4-3-5-14-40)41-27-22-37(23-28-41)38-24-29-42(30-25-38)63-54-20-11-18-48-50-36-57-51(46-16-7-9-21-56(46)64-57)35-49(50)47-17-10-12-39-26-33-55(63)60(58(39)47)59(48)54/h3-36H,1-2H3. The molecule has 2 aliphatic rings. The van der Waals surface area contributed by atoms with Crippen LogP contribution in [0.2, 0.25) is 0 Å². The number of para-hydroxylation sites is 1. The fourth-order valence-corrected chi connectivity index (χ4v) is 12.5. The Morgan fingerprint density at radius 3 is 1.88 bits per heavy atom. The summed E-state index contributed by atoms with van der Waals surface area (Å²) in [5.74, 6) is 0. The summed E-state index contributed by atoms with van der Waals surface area (Å²) in [6.07, 6.45) is 0. The van der Waals surface area contributed by atoms with E-state index in [2.05, 4.69) is 230 Å². The van der Waals surface area contributed by atoms with Crippen molar-refractivity contribution in [1.82, 2.24) is 4.57 Å². The van der Waals surface area contributed by atoms with E-state index in [9.17, 15) is 0 Å². The number of fused-ring (bicyclic) bond motifs is 9. The predicted octanol–water partition coefficient (Wildman–Crippen LogP) is 17.4. The SMILES string of the molecule is CC1(C)c2ccccc2-c2ccc(N(c3ccccc3)c3ccc(-c4ccc(-n5c6cccc7c6c6c8c(cccc8ccc65)-c5cc6c(cc5-7)sc5ccccc56)cc4)cc3)cc21. The summed E-state index contributed by atoms with van der Waals surface area (Å²) < 4.78 is 5.15. The molecule has 0 saturated heterocycles. The summed E-state index contributed by atoms with van der Waals surface area (Å²) in [4.78, 5) is 2.39. The Labute approximate surface area is 375 Å². The minimum atomic E-state index is -0.0769. The maximum atomic E-state index is 2.48. The molecule has 0 unspecified atom stereocenters. The van der Waals surface area contributed by atoms with E-state index in [0.29, 0.717) is 0 Å². The average Bonchev–Trinajstić information content (AvgIpc) is 3.93. The van der Waals surface area contributed by atoms with Gasteiger partial charge in [-0.1, -0.05) is 141 Å². The van der Waals surface area contributed by atoms with E-state index in [1.807, 2.05) is 11.3 Å². The van der Waals surface area contributed by atoms with Crippen LogP contribution in [0.5, 0.6) is 0 Å². The number of thiophene rings is 1. The summed E-state index contributed by atoms with van der Waals surface area (Å²) in [6, 6.07) is 77.0. The molecule has 0 radical (unpaired) electrons. The number of aromatic nitrogens is 1. The zero-order chi connectivity index (χ0) is 42.3. The zero-order valence-electron chi connectivity index (χ0n) is 35.4. The summed E-state index contributed by atoms with van der Waals surface area (Å²) >= 11 is 1.90. The van der Waals surface area contributed by atoms with Gasteiger partial charge in [-0.05, 0) is 145 Å². The minimum Gasteiger partial charge on any atom is -0.310 e. The third kappa shape index (κ3) is 4.96. The van der Waals surface area contributed by atoms with Gasteiger partial charge in [0.15, 0.2) is 0 Å². The molecule has 0 bridgehead atoms. The van der Waals surface area contributed by atoms with Crippen molar-refractivity contribution in [3.05, 3.63) is 217 Å². The number of hydrogen-bond acceptors (Lipinski definition) is 2. The lowest BCUT2D eigenvalue weighted by Gasteiger charge is -2.28. The largest absolute Gasteiger partial charge is 0.310 e. The molecule has 0 N–H and O–H groups in total. The van der Waals surface area contributed by atoms with Crippen molar-refractivity contribution in [3.8, 4) is 50.2 Å². The van der Waals surface area contributed by atoms with Gasteiger partial charge in [-0.3, -0.25) is 0 Å². The molecule has 3 heteroatoms. The zero-order valence-corrected chi connectivity index (χ0v) is 36.2. The first-order valence-electron chi connectivity index (χ1n) is 22.2. The van der Waals surface area contributed by atoms with Crippen LogP contribution in [-0.4, -0.2) is 4.57 Å². The van der Waals surface area contributed by atoms with Crippen LogP contribution in [0.25, 0.3) is 103 Å². The first kappa shape index (κ1) is 35.8. The van der Waals surface area contributed by atoms with Gasteiger partial charge < -0.3 is 9.47 Å². The summed E-state index contributed by atoms with van der Waals surface area (Å²) in [7, 11) is 0. The van der Waals surface area contributed by atoms with Crippen molar-refractivity contribution < 1.29 is 0 Å². The van der Waals surface area contributed by atoms with Crippen molar-refractivity contribution >= 4 is 81.1 Å². The second kappa shape index (κ2) is 13.2. The predicted molar refractivity (Wildman–Crippen MR) is 273 cm³/mol. The Morgan fingerprint density at radius 2 is 1.03 bits per heavy atom. The van der Waals surface area contributed by atoms with Crippen LogP contribution >= 0.6 is 11.3 Å². The quantitative estimate of drug-likeness (QED) is 0.168. The maximum Gasteiger partial charge on any atom is 0.0547 e. The second-order valence-corrected chi connectivity index (χ2v) is 19.1. The Kier molecular flexibility index (Phi) is 7.36. The van der Waals surface area contributed by atoms with Gasteiger partial charge in [0.2, 0.25) is 0 Å². The van der Waals surface area contributed by atoms with E-state index in [1.54, 1.807) is 0 Å².